The lowest BCUT2D eigenvalue weighted by Crippen LogP contribution is -2.12. The molecule has 2 rings (SSSR count). The van der Waals surface area contributed by atoms with Crippen molar-refractivity contribution in [2.75, 3.05) is 7.05 Å². The molecule has 0 aliphatic heterocycles. The first kappa shape index (κ1) is 11.0. The molecule has 0 fully saturated rings. The van der Waals surface area contributed by atoms with E-state index >= 15 is 0 Å². The lowest BCUT2D eigenvalue weighted by molar-refractivity contribution is 0.635. The normalized spacial score (nSPS) is 13.3. The molecule has 0 amide bonds. The van der Waals surface area contributed by atoms with E-state index in [0.717, 1.165) is 26.1 Å². The summed E-state index contributed by atoms with van der Waals surface area (Å²) in [6, 6.07) is 6.13. The first-order valence-electron chi connectivity index (χ1n) is 4.77. The standard InChI is InChI=1S/C11H12BrClN2/c1-6(14-2)11-10(12)8-5-7(13)3-4-9(8)15-11/h3-6,14-15H,1-2H3. The predicted molar refractivity (Wildman–Crippen MR) is 68.5 cm³/mol. The maximum Gasteiger partial charge on any atom is 0.0478 e. The molecule has 1 aromatic carbocycles. The molecule has 0 saturated carbocycles. The molecule has 1 unspecified atom stereocenters. The van der Waals surface area contributed by atoms with Crippen molar-refractivity contribution in [1.29, 1.82) is 0 Å². The predicted octanol–water partition coefficient (Wildman–Crippen LogP) is 3.86. The molecule has 0 saturated heterocycles. The lowest BCUT2D eigenvalue weighted by atomic mass is 10.2. The third-order valence-electron chi connectivity index (χ3n) is 2.59. The second-order valence-corrected chi connectivity index (χ2v) is 4.78. The third-order valence-corrected chi connectivity index (χ3v) is 3.68. The highest BCUT2D eigenvalue weighted by Crippen LogP contribution is 2.32. The van der Waals surface area contributed by atoms with Gasteiger partial charge < -0.3 is 10.3 Å². The Balaban J connectivity index is 2.64. The molecule has 0 radical (unpaired) electrons. The molecular weight excluding hydrogens is 275 g/mol. The Bertz CT molecular complexity index is 493. The van der Waals surface area contributed by atoms with Gasteiger partial charge in [0.25, 0.3) is 0 Å². The Morgan fingerprint density at radius 2 is 2.20 bits per heavy atom. The number of aromatic nitrogens is 1. The maximum atomic E-state index is 5.96. The number of fused-ring (bicyclic) bond motifs is 1. The molecule has 15 heavy (non-hydrogen) atoms. The Labute approximate surface area is 102 Å². The summed E-state index contributed by atoms with van der Waals surface area (Å²) in [5.74, 6) is 0. The Morgan fingerprint density at radius 1 is 1.47 bits per heavy atom. The topological polar surface area (TPSA) is 27.8 Å². The van der Waals surface area contributed by atoms with E-state index in [-0.39, 0.29) is 6.04 Å². The summed E-state index contributed by atoms with van der Waals surface area (Å²) in [5, 5.41) is 5.08. The zero-order valence-electron chi connectivity index (χ0n) is 8.57. The van der Waals surface area contributed by atoms with E-state index in [1.54, 1.807) is 0 Å². The molecule has 80 valence electrons. The highest BCUT2D eigenvalue weighted by molar-refractivity contribution is 9.10. The van der Waals surface area contributed by atoms with E-state index < -0.39 is 0 Å². The molecule has 1 atom stereocenters. The lowest BCUT2D eigenvalue weighted by Gasteiger charge is -2.08. The summed E-state index contributed by atoms with van der Waals surface area (Å²) in [6.07, 6.45) is 0. The van der Waals surface area contributed by atoms with Crippen LogP contribution in [0.5, 0.6) is 0 Å². The van der Waals surface area contributed by atoms with Crippen molar-refractivity contribution in [3.8, 4) is 0 Å². The average molecular weight is 288 g/mol. The molecule has 1 aromatic heterocycles. The number of rotatable bonds is 2. The number of H-pyrrole nitrogens is 1. The Hall–Kier alpha value is -0.510. The van der Waals surface area contributed by atoms with E-state index in [1.165, 1.54) is 0 Å². The van der Waals surface area contributed by atoms with Gasteiger partial charge in [-0.05, 0) is 48.1 Å². The minimum atomic E-state index is 0.283. The number of halogens is 2. The third kappa shape index (κ3) is 1.92. The zero-order chi connectivity index (χ0) is 11.0. The highest BCUT2D eigenvalue weighted by Gasteiger charge is 2.13. The second kappa shape index (κ2) is 4.16. The fourth-order valence-electron chi connectivity index (χ4n) is 1.59. The molecule has 0 aliphatic rings. The van der Waals surface area contributed by atoms with Crippen LogP contribution in [0.4, 0.5) is 0 Å². The van der Waals surface area contributed by atoms with Crippen molar-refractivity contribution in [3.63, 3.8) is 0 Å². The van der Waals surface area contributed by atoms with Gasteiger partial charge in [-0.25, -0.2) is 0 Å². The van der Waals surface area contributed by atoms with Crippen LogP contribution in [0.15, 0.2) is 22.7 Å². The smallest absolute Gasteiger partial charge is 0.0478 e. The summed E-state index contributed by atoms with van der Waals surface area (Å²) in [7, 11) is 1.94. The van der Waals surface area contributed by atoms with Gasteiger partial charge in [0.2, 0.25) is 0 Å². The fraction of sp³-hybridized carbons (Fsp3) is 0.273. The van der Waals surface area contributed by atoms with Crippen LogP contribution in [0.25, 0.3) is 10.9 Å². The van der Waals surface area contributed by atoms with Crippen molar-refractivity contribution in [1.82, 2.24) is 10.3 Å². The van der Waals surface area contributed by atoms with Gasteiger partial charge in [0.15, 0.2) is 0 Å². The SMILES string of the molecule is CNC(C)c1[nH]c2ccc(Cl)cc2c1Br. The maximum absolute atomic E-state index is 5.96. The van der Waals surface area contributed by atoms with Gasteiger partial charge in [0.05, 0.1) is 0 Å². The number of aromatic amines is 1. The quantitative estimate of drug-likeness (QED) is 0.862. The van der Waals surface area contributed by atoms with Crippen LogP contribution < -0.4 is 5.32 Å². The van der Waals surface area contributed by atoms with Crippen LogP contribution in [-0.2, 0) is 0 Å². The Kier molecular flexibility index (Phi) is 3.05. The summed E-state index contributed by atoms with van der Waals surface area (Å²) in [6.45, 7) is 2.11. The second-order valence-electron chi connectivity index (χ2n) is 3.55. The summed E-state index contributed by atoms with van der Waals surface area (Å²) in [4.78, 5) is 3.37. The van der Waals surface area contributed by atoms with Crippen LogP contribution in [0.1, 0.15) is 18.7 Å². The molecule has 0 spiro atoms. The van der Waals surface area contributed by atoms with Gasteiger partial charge in [-0.2, -0.15) is 0 Å². The zero-order valence-corrected chi connectivity index (χ0v) is 10.9. The summed E-state index contributed by atoms with van der Waals surface area (Å²) in [5.41, 5.74) is 2.25. The fourth-order valence-corrected chi connectivity index (χ4v) is 2.54. The molecule has 2 nitrogen and oxygen atoms in total. The van der Waals surface area contributed by atoms with Crippen LogP contribution in [0.3, 0.4) is 0 Å². The van der Waals surface area contributed by atoms with E-state index in [9.17, 15) is 0 Å². The number of benzene rings is 1. The minimum absolute atomic E-state index is 0.283. The number of hydrogen-bond donors (Lipinski definition) is 2. The van der Waals surface area contributed by atoms with Crippen molar-refractivity contribution in [3.05, 3.63) is 33.4 Å². The van der Waals surface area contributed by atoms with Gasteiger partial charge in [-0.15, -0.1) is 0 Å². The first-order chi connectivity index (χ1) is 7.13. The van der Waals surface area contributed by atoms with Gasteiger partial charge in [0, 0.05) is 32.1 Å². The van der Waals surface area contributed by atoms with Gasteiger partial charge in [-0.3, -0.25) is 0 Å². The molecule has 0 aliphatic carbocycles. The minimum Gasteiger partial charge on any atom is -0.356 e. The molecule has 1 heterocycles. The van der Waals surface area contributed by atoms with Gasteiger partial charge in [-0.1, -0.05) is 11.6 Å². The van der Waals surface area contributed by atoms with Crippen LogP contribution >= 0.6 is 27.5 Å². The molecular formula is C11H12BrClN2. The van der Waals surface area contributed by atoms with Crippen molar-refractivity contribution in [2.45, 2.75) is 13.0 Å². The van der Waals surface area contributed by atoms with E-state index in [0.29, 0.717) is 0 Å². The highest BCUT2D eigenvalue weighted by atomic mass is 79.9. The van der Waals surface area contributed by atoms with Gasteiger partial charge in [0.1, 0.15) is 0 Å². The van der Waals surface area contributed by atoms with Crippen molar-refractivity contribution < 1.29 is 0 Å². The van der Waals surface area contributed by atoms with E-state index in [2.05, 4.69) is 33.2 Å². The first-order valence-corrected chi connectivity index (χ1v) is 5.94. The average Bonchev–Trinajstić information content (AvgIpc) is 2.55. The largest absolute Gasteiger partial charge is 0.356 e. The molecule has 2 aromatic rings. The van der Waals surface area contributed by atoms with E-state index in [4.69, 9.17) is 11.6 Å². The van der Waals surface area contributed by atoms with Crippen LogP contribution in [-0.4, -0.2) is 12.0 Å². The monoisotopic (exact) mass is 286 g/mol. The summed E-state index contributed by atoms with van der Waals surface area (Å²) < 4.78 is 1.09. The summed E-state index contributed by atoms with van der Waals surface area (Å²) >= 11 is 9.56. The molecule has 2 N–H and O–H groups in total. The molecule has 4 heteroatoms. The van der Waals surface area contributed by atoms with Gasteiger partial charge >= 0.3 is 0 Å². The number of nitrogens with one attached hydrogen (secondary N) is 2. The van der Waals surface area contributed by atoms with Crippen molar-refractivity contribution >= 4 is 38.4 Å². The Morgan fingerprint density at radius 3 is 2.87 bits per heavy atom. The van der Waals surface area contributed by atoms with Crippen LogP contribution in [0.2, 0.25) is 5.02 Å². The van der Waals surface area contributed by atoms with Crippen molar-refractivity contribution in [2.24, 2.45) is 0 Å². The van der Waals surface area contributed by atoms with E-state index in [1.807, 2.05) is 25.2 Å². The number of hydrogen-bond acceptors (Lipinski definition) is 1. The van der Waals surface area contributed by atoms with Crippen LogP contribution in [0, 0.1) is 0 Å². The molecule has 0 bridgehead atoms.